The van der Waals surface area contributed by atoms with E-state index >= 15 is 0 Å². The van der Waals surface area contributed by atoms with Crippen LogP contribution in [0.25, 0.3) is 0 Å². The molecular formula is C13H18N2O3S. The van der Waals surface area contributed by atoms with E-state index in [0.29, 0.717) is 30.6 Å². The Morgan fingerprint density at radius 1 is 1.47 bits per heavy atom. The van der Waals surface area contributed by atoms with Gasteiger partial charge in [-0.1, -0.05) is 0 Å². The van der Waals surface area contributed by atoms with Crippen LogP contribution in [0.2, 0.25) is 0 Å². The van der Waals surface area contributed by atoms with Crippen LogP contribution >= 0.6 is 0 Å². The first kappa shape index (κ1) is 14.0. The first-order valence-corrected chi connectivity index (χ1v) is 8.05. The Morgan fingerprint density at radius 3 is 2.74 bits per heavy atom. The van der Waals surface area contributed by atoms with Crippen molar-refractivity contribution < 1.29 is 13.2 Å². The van der Waals surface area contributed by atoms with E-state index in [4.69, 9.17) is 5.73 Å². The topological polar surface area (TPSA) is 80.5 Å². The molecule has 0 bridgehead atoms. The van der Waals surface area contributed by atoms with Crippen molar-refractivity contribution in [1.29, 1.82) is 0 Å². The summed E-state index contributed by atoms with van der Waals surface area (Å²) in [7, 11) is -3.28. The lowest BCUT2D eigenvalue weighted by Gasteiger charge is -2.21. The Morgan fingerprint density at radius 2 is 2.16 bits per heavy atom. The summed E-state index contributed by atoms with van der Waals surface area (Å²) in [4.78, 5) is 11.8. The molecule has 0 amide bonds. The molecule has 2 rings (SSSR count). The van der Waals surface area contributed by atoms with Crippen LogP contribution in [0.15, 0.2) is 18.2 Å². The Kier molecular flexibility index (Phi) is 3.64. The van der Waals surface area contributed by atoms with E-state index in [1.165, 1.54) is 10.6 Å². The summed E-state index contributed by atoms with van der Waals surface area (Å²) in [6.07, 6.45) is 2.14. The maximum Gasteiger partial charge on any atom is 0.232 e. The molecule has 6 heteroatoms. The van der Waals surface area contributed by atoms with Gasteiger partial charge in [0.1, 0.15) is 0 Å². The summed E-state index contributed by atoms with van der Waals surface area (Å²) in [5.74, 6) is -0.00393. The zero-order chi connectivity index (χ0) is 14.2. The molecule has 0 saturated heterocycles. The zero-order valence-corrected chi connectivity index (χ0v) is 11.9. The minimum absolute atomic E-state index is 0.00393. The van der Waals surface area contributed by atoms with Gasteiger partial charge in [-0.25, -0.2) is 8.42 Å². The van der Waals surface area contributed by atoms with Gasteiger partial charge in [0.2, 0.25) is 10.0 Å². The lowest BCUT2D eigenvalue weighted by atomic mass is 10.0. The predicted molar refractivity (Wildman–Crippen MR) is 74.9 cm³/mol. The van der Waals surface area contributed by atoms with Crippen LogP contribution in [0.4, 0.5) is 5.69 Å². The standard InChI is InChI=1S/C13H18N2O3S/c1-9-7-11-8-10(13(16)5-6-14)3-4-12(11)15(9)19(2,17)18/h3-4,8-9H,5-7,14H2,1-2H3. The van der Waals surface area contributed by atoms with Crippen LogP contribution in [-0.4, -0.2) is 33.0 Å². The third kappa shape index (κ3) is 2.64. The maximum absolute atomic E-state index is 11.8. The molecule has 0 radical (unpaired) electrons. The molecule has 104 valence electrons. The Labute approximate surface area is 113 Å². The second-order valence-corrected chi connectivity index (χ2v) is 6.78. The number of hydrogen-bond donors (Lipinski definition) is 1. The van der Waals surface area contributed by atoms with E-state index in [-0.39, 0.29) is 11.8 Å². The molecule has 5 nitrogen and oxygen atoms in total. The average molecular weight is 282 g/mol. The van der Waals surface area contributed by atoms with Gasteiger partial charge < -0.3 is 5.73 Å². The molecule has 0 fully saturated rings. The molecule has 0 aromatic heterocycles. The van der Waals surface area contributed by atoms with Crippen molar-refractivity contribution in [2.45, 2.75) is 25.8 Å². The molecule has 1 aliphatic rings. The van der Waals surface area contributed by atoms with E-state index < -0.39 is 10.0 Å². The van der Waals surface area contributed by atoms with Crippen LogP contribution in [0.1, 0.15) is 29.3 Å². The van der Waals surface area contributed by atoms with Crippen LogP contribution < -0.4 is 10.0 Å². The molecule has 1 unspecified atom stereocenters. The fraction of sp³-hybridized carbons (Fsp3) is 0.462. The summed E-state index contributed by atoms with van der Waals surface area (Å²) in [6.45, 7) is 2.18. The van der Waals surface area contributed by atoms with Gasteiger partial charge in [-0.2, -0.15) is 0 Å². The zero-order valence-electron chi connectivity index (χ0n) is 11.1. The minimum atomic E-state index is -3.28. The molecule has 19 heavy (non-hydrogen) atoms. The molecule has 1 aromatic carbocycles. The van der Waals surface area contributed by atoms with E-state index in [9.17, 15) is 13.2 Å². The van der Waals surface area contributed by atoms with Gasteiger partial charge in [0.15, 0.2) is 5.78 Å². The fourth-order valence-electron chi connectivity index (χ4n) is 2.56. The number of sulfonamides is 1. The third-order valence-electron chi connectivity index (χ3n) is 3.28. The van der Waals surface area contributed by atoms with Crippen LogP contribution in [-0.2, 0) is 16.4 Å². The monoisotopic (exact) mass is 282 g/mol. The lowest BCUT2D eigenvalue weighted by molar-refractivity contribution is 0.0985. The first-order chi connectivity index (χ1) is 8.84. The molecule has 0 spiro atoms. The number of hydrogen-bond acceptors (Lipinski definition) is 4. The van der Waals surface area contributed by atoms with Crippen molar-refractivity contribution in [2.24, 2.45) is 5.73 Å². The number of nitrogens with two attached hydrogens (primary N) is 1. The molecule has 1 atom stereocenters. The van der Waals surface area contributed by atoms with Crippen molar-refractivity contribution in [3.8, 4) is 0 Å². The summed E-state index contributed by atoms with van der Waals surface area (Å²) in [6, 6.07) is 5.07. The number of ketones is 1. The molecule has 1 heterocycles. The fourth-order valence-corrected chi connectivity index (χ4v) is 3.82. The highest BCUT2D eigenvalue weighted by atomic mass is 32.2. The summed E-state index contributed by atoms with van der Waals surface area (Å²) >= 11 is 0. The average Bonchev–Trinajstić information content (AvgIpc) is 2.63. The minimum Gasteiger partial charge on any atom is -0.330 e. The second-order valence-electron chi connectivity index (χ2n) is 4.92. The number of carbonyl (C=O) groups is 1. The summed E-state index contributed by atoms with van der Waals surface area (Å²) in [5.41, 5.74) is 7.56. The molecule has 2 N–H and O–H groups in total. The Bertz CT molecular complexity index is 610. The highest BCUT2D eigenvalue weighted by Gasteiger charge is 2.32. The maximum atomic E-state index is 11.8. The highest BCUT2D eigenvalue weighted by molar-refractivity contribution is 7.92. The second kappa shape index (κ2) is 4.94. The number of anilines is 1. The number of nitrogens with zero attached hydrogens (tertiary/aromatic N) is 1. The van der Waals surface area contributed by atoms with Gasteiger partial charge >= 0.3 is 0 Å². The van der Waals surface area contributed by atoms with Crippen molar-refractivity contribution in [3.05, 3.63) is 29.3 Å². The first-order valence-electron chi connectivity index (χ1n) is 6.20. The van der Waals surface area contributed by atoms with Gasteiger partial charge in [-0.15, -0.1) is 0 Å². The Balaban J connectivity index is 2.40. The highest BCUT2D eigenvalue weighted by Crippen LogP contribution is 2.34. The smallest absolute Gasteiger partial charge is 0.232 e. The van der Waals surface area contributed by atoms with Crippen LogP contribution in [0.3, 0.4) is 0 Å². The van der Waals surface area contributed by atoms with Crippen LogP contribution in [0, 0.1) is 0 Å². The molecule has 1 aromatic rings. The number of fused-ring (bicyclic) bond motifs is 1. The number of rotatable bonds is 4. The van der Waals surface area contributed by atoms with E-state index in [2.05, 4.69) is 0 Å². The molecule has 0 saturated carbocycles. The quantitative estimate of drug-likeness (QED) is 0.833. The SMILES string of the molecule is CC1Cc2cc(C(=O)CCN)ccc2N1S(C)(=O)=O. The van der Waals surface area contributed by atoms with Crippen molar-refractivity contribution in [2.75, 3.05) is 17.1 Å². The third-order valence-corrected chi connectivity index (χ3v) is 4.55. The number of benzene rings is 1. The normalized spacial score (nSPS) is 18.5. The van der Waals surface area contributed by atoms with Gasteiger partial charge in [0, 0.05) is 18.0 Å². The molecule has 0 aliphatic carbocycles. The van der Waals surface area contributed by atoms with Gasteiger partial charge in [-0.3, -0.25) is 9.10 Å². The number of Topliss-reactive ketones (excluding diaryl/α,β-unsaturated/α-hetero) is 1. The summed E-state index contributed by atoms with van der Waals surface area (Å²) < 4.78 is 25.0. The predicted octanol–water partition coefficient (Wildman–Crippen LogP) is 0.929. The van der Waals surface area contributed by atoms with Crippen molar-refractivity contribution in [3.63, 3.8) is 0 Å². The molecule has 1 aliphatic heterocycles. The summed E-state index contributed by atoms with van der Waals surface area (Å²) in [5, 5.41) is 0. The Hall–Kier alpha value is -1.40. The van der Waals surface area contributed by atoms with Crippen molar-refractivity contribution >= 4 is 21.5 Å². The van der Waals surface area contributed by atoms with Crippen molar-refractivity contribution in [1.82, 2.24) is 0 Å². The van der Waals surface area contributed by atoms with E-state index in [1.54, 1.807) is 18.2 Å². The van der Waals surface area contributed by atoms with E-state index in [1.807, 2.05) is 6.92 Å². The van der Waals surface area contributed by atoms with Gasteiger partial charge in [0.25, 0.3) is 0 Å². The molecular weight excluding hydrogens is 264 g/mol. The largest absolute Gasteiger partial charge is 0.330 e. The van der Waals surface area contributed by atoms with Gasteiger partial charge in [-0.05, 0) is 43.7 Å². The lowest BCUT2D eigenvalue weighted by Crippen LogP contribution is -2.34. The van der Waals surface area contributed by atoms with Gasteiger partial charge in [0.05, 0.1) is 11.9 Å². The van der Waals surface area contributed by atoms with Crippen LogP contribution in [0.5, 0.6) is 0 Å². The van der Waals surface area contributed by atoms with E-state index in [0.717, 1.165) is 5.56 Å². The number of carbonyl (C=O) groups excluding carboxylic acids is 1.